The van der Waals surface area contributed by atoms with E-state index in [1.807, 2.05) is 0 Å². The van der Waals surface area contributed by atoms with Gasteiger partial charge in [0.1, 0.15) is 0 Å². The number of sulfonamides is 1. The third-order valence-electron chi connectivity index (χ3n) is 4.26. The molecule has 0 aliphatic carbocycles. The van der Waals surface area contributed by atoms with Crippen molar-refractivity contribution in [3.8, 4) is 11.8 Å². The minimum Gasteiger partial charge on any atom is -0.481 e. The fraction of sp³-hybridized carbons (Fsp3) is 0.158. The van der Waals surface area contributed by atoms with Gasteiger partial charge in [-0.1, -0.05) is 24.3 Å². The molecule has 1 aromatic heterocycles. The number of carbonyl (C=O) groups excluding carboxylic acids is 2. The van der Waals surface area contributed by atoms with Crippen molar-refractivity contribution in [3.05, 3.63) is 47.5 Å². The van der Waals surface area contributed by atoms with Gasteiger partial charge in [0.25, 0.3) is 5.91 Å². The second kappa shape index (κ2) is 8.53. The van der Waals surface area contributed by atoms with E-state index in [1.54, 1.807) is 24.3 Å². The van der Waals surface area contributed by atoms with E-state index in [4.69, 9.17) is 19.3 Å². The molecule has 0 radical (unpaired) electrons. The molecule has 0 unspecified atom stereocenters. The van der Waals surface area contributed by atoms with Gasteiger partial charge in [0, 0.05) is 0 Å². The Kier molecular flexibility index (Phi) is 6.04. The largest absolute Gasteiger partial charge is 0.481 e. The van der Waals surface area contributed by atoms with Crippen LogP contribution in [0.2, 0.25) is 0 Å². The number of hydrogen-bond donors (Lipinski definition) is 2. The zero-order valence-corrected chi connectivity index (χ0v) is 17.5. The molecule has 0 fully saturated rings. The van der Waals surface area contributed by atoms with Crippen LogP contribution >= 0.6 is 0 Å². The van der Waals surface area contributed by atoms with E-state index in [-0.39, 0.29) is 23.3 Å². The molecular weight excluding hydrogens is 428 g/mol. The molecule has 0 saturated carbocycles. The molecule has 0 spiro atoms. The molecule has 0 aliphatic heterocycles. The number of benzene rings is 2. The van der Waals surface area contributed by atoms with E-state index >= 15 is 0 Å². The Hall–Kier alpha value is -3.77. The number of hydrogen-bond acceptors (Lipinski definition) is 9. The maximum Gasteiger partial charge on any atom is 0.340 e. The summed E-state index contributed by atoms with van der Waals surface area (Å²) in [4.78, 5) is 33.2. The van der Waals surface area contributed by atoms with Gasteiger partial charge in [-0.2, -0.15) is 9.97 Å². The lowest BCUT2D eigenvalue weighted by molar-refractivity contribution is 0.0593. The molecular formula is C19H18N4O7S. The fourth-order valence-electron chi connectivity index (χ4n) is 2.92. The minimum atomic E-state index is -4.38. The van der Waals surface area contributed by atoms with Gasteiger partial charge in [0.15, 0.2) is 0 Å². The Balaban J connectivity index is 2.27. The van der Waals surface area contributed by atoms with E-state index in [0.29, 0.717) is 10.8 Å². The van der Waals surface area contributed by atoms with Crippen LogP contribution in [0, 0.1) is 0 Å². The van der Waals surface area contributed by atoms with Gasteiger partial charge in [0.2, 0.25) is 27.7 Å². The number of methoxy groups -OCH3 is 3. The van der Waals surface area contributed by atoms with E-state index in [9.17, 15) is 18.0 Å². The molecule has 3 N–H and O–H groups in total. The summed E-state index contributed by atoms with van der Waals surface area (Å²) < 4.78 is 39.2. The van der Waals surface area contributed by atoms with E-state index in [2.05, 4.69) is 15.3 Å². The average molecular weight is 446 g/mol. The smallest absolute Gasteiger partial charge is 0.340 e. The van der Waals surface area contributed by atoms with Crippen molar-refractivity contribution in [1.29, 1.82) is 0 Å². The van der Waals surface area contributed by atoms with Crippen LogP contribution in [-0.4, -0.2) is 51.6 Å². The molecule has 0 atom stereocenters. The van der Waals surface area contributed by atoms with Crippen molar-refractivity contribution in [3.63, 3.8) is 0 Å². The van der Waals surface area contributed by atoms with Crippen LogP contribution in [0.15, 0.2) is 41.3 Å². The van der Waals surface area contributed by atoms with Crippen LogP contribution in [-0.2, 0) is 14.8 Å². The lowest BCUT2D eigenvalue weighted by Gasteiger charge is -2.15. The normalized spacial score (nSPS) is 11.1. The average Bonchev–Trinajstić information content (AvgIpc) is 2.76. The van der Waals surface area contributed by atoms with Gasteiger partial charge in [0.05, 0.1) is 43.4 Å². The topological polar surface area (TPSA) is 160 Å². The van der Waals surface area contributed by atoms with Crippen LogP contribution in [0.3, 0.4) is 0 Å². The van der Waals surface area contributed by atoms with Crippen LogP contribution in [0.1, 0.15) is 20.7 Å². The lowest BCUT2D eigenvalue weighted by Crippen LogP contribution is -2.24. The molecule has 1 amide bonds. The van der Waals surface area contributed by atoms with Crippen molar-refractivity contribution < 1.29 is 32.2 Å². The summed E-state index contributed by atoms with van der Waals surface area (Å²) >= 11 is 0. The lowest BCUT2D eigenvalue weighted by atomic mass is 9.98. The standard InChI is InChI=1S/C19H18N4O7S/c1-28-13-9-14(29-2)22-19(21-13)23-17(24)15-11-7-5-4-6-10(11)8-12(31(20,26)27)16(15)18(25)30-3/h4-9H,1-3H3,(H2,20,26,27)(H,21,22,23,24). The quantitative estimate of drug-likeness (QED) is 0.532. The van der Waals surface area contributed by atoms with Crippen molar-refractivity contribution in [1.82, 2.24) is 9.97 Å². The molecule has 2 aromatic carbocycles. The first-order valence-electron chi connectivity index (χ1n) is 8.65. The number of nitrogens with zero attached hydrogens (tertiary/aromatic N) is 2. The Morgan fingerprint density at radius 1 is 0.968 bits per heavy atom. The summed E-state index contributed by atoms with van der Waals surface area (Å²) in [5.74, 6) is -1.89. The molecule has 1 heterocycles. The Labute approximate surface area is 177 Å². The number of fused-ring (bicyclic) bond motifs is 1. The van der Waals surface area contributed by atoms with Gasteiger partial charge in [-0.3, -0.25) is 10.1 Å². The monoisotopic (exact) mass is 446 g/mol. The molecule has 3 aromatic rings. The SMILES string of the molecule is COC(=O)c1c(S(N)(=O)=O)cc2ccccc2c1C(=O)Nc1nc(OC)cc(OC)n1. The Morgan fingerprint density at radius 3 is 2.13 bits per heavy atom. The Morgan fingerprint density at radius 2 is 1.58 bits per heavy atom. The number of rotatable bonds is 6. The summed E-state index contributed by atoms with van der Waals surface area (Å²) in [6.07, 6.45) is 0. The summed E-state index contributed by atoms with van der Waals surface area (Å²) in [5, 5.41) is 8.41. The third-order valence-corrected chi connectivity index (χ3v) is 5.19. The van der Waals surface area contributed by atoms with Gasteiger partial charge in [-0.05, 0) is 16.8 Å². The second-order valence-electron chi connectivity index (χ2n) is 6.11. The third kappa shape index (κ3) is 4.39. The highest BCUT2D eigenvalue weighted by molar-refractivity contribution is 7.89. The number of primary sulfonamides is 1. The zero-order valence-electron chi connectivity index (χ0n) is 16.7. The molecule has 3 rings (SSSR count). The predicted molar refractivity (Wildman–Crippen MR) is 110 cm³/mol. The highest BCUT2D eigenvalue weighted by Crippen LogP contribution is 2.30. The number of anilines is 1. The Bertz CT molecular complexity index is 1270. The number of ether oxygens (including phenoxy) is 3. The van der Waals surface area contributed by atoms with Gasteiger partial charge in [-0.25, -0.2) is 18.4 Å². The number of nitrogens with two attached hydrogens (primary N) is 1. The van der Waals surface area contributed by atoms with Gasteiger partial charge >= 0.3 is 5.97 Å². The van der Waals surface area contributed by atoms with Crippen molar-refractivity contribution >= 4 is 38.6 Å². The number of amides is 1. The molecule has 0 saturated heterocycles. The molecule has 12 heteroatoms. The summed E-state index contributed by atoms with van der Waals surface area (Å²) in [6.45, 7) is 0. The maximum atomic E-state index is 13.2. The van der Waals surface area contributed by atoms with Crippen LogP contribution in [0.4, 0.5) is 5.95 Å². The summed E-state index contributed by atoms with van der Waals surface area (Å²) in [5.41, 5.74) is -0.768. The molecule has 0 bridgehead atoms. The number of aromatic nitrogens is 2. The van der Waals surface area contributed by atoms with Crippen LogP contribution < -0.4 is 19.9 Å². The van der Waals surface area contributed by atoms with Gasteiger partial charge in [-0.15, -0.1) is 0 Å². The zero-order chi connectivity index (χ0) is 22.8. The predicted octanol–water partition coefficient (Wildman–Crippen LogP) is 1.33. The van der Waals surface area contributed by atoms with E-state index < -0.39 is 32.4 Å². The van der Waals surface area contributed by atoms with E-state index in [0.717, 1.165) is 7.11 Å². The maximum absolute atomic E-state index is 13.2. The molecule has 162 valence electrons. The van der Waals surface area contributed by atoms with Gasteiger partial charge < -0.3 is 14.2 Å². The number of carbonyl (C=O) groups is 2. The highest BCUT2D eigenvalue weighted by Gasteiger charge is 2.30. The molecule has 31 heavy (non-hydrogen) atoms. The van der Waals surface area contributed by atoms with Crippen LogP contribution in [0.5, 0.6) is 11.8 Å². The second-order valence-corrected chi connectivity index (χ2v) is 7.64. The minimum absolute atomic E-state index is 0.110. The molecule has 11 nitrogen and oxygen atoms in total. The summed E-state index contributed by atoms with van der Waals surface area (Å²) in [7, 11) is -0.591. The highest BCUT2D eigenvalue weighted by atomic mass is 32.2. The van der Waals surface area contributed by atoms with Crippen molar-refractivity contribution in [2.75, 3.05) is 26.6 Å². The van der Waals surface area contributed by atoms with Crippen LogP contribution in [0.25, 0.3) is 10.8 Å². The first-order valence-corrected chi connectivity index (χ1v) is 10.2. The summed E-state index contributed by atoms with van der Waals surface area (Å²) in [6, 6.07) is 9.00. The van der Waals surface area contributed by atoms with Crippen molar-refractivity contribution in [2.45, 2.75) is 4.90 Å². The number of nitrogens with one attached hydrogen (secondary N) is 1. The molecule has 0 aliphatic rings. The first-order chi connectivity index (χ1) is 14.7. The van der Waals surface area contributed by atoms with E-state index in [1.165, 1.54) is 26.4 Å². The number of esters is 1. The first kappa shape index (κ1) is 21.9. The fourth-order valence-corrected chi connectivity index (χ4v) is 3.68. The van der Waals surface area contributed by atoms with Crippen molar-refractivity contribution in [2.24, 2.45) is 5.14 Å².